The number of nitrogens with zero attached hydrogens (tertiary/aromatic N) is 4. The summed E-state index contributed by atoms with van der Waals surface area (Å²) in [5.74, 6) is 0.791. The third-order valence-corrected chi connectivity index (χ3v) is 4.96. The monoisotopic (exact) mass is 402 g/mol. The standard InChI is InChI=1S/C22H34N4O3/c1-6-29-22(28)20(14-16(2)3)25(5)21(27)10-8-7-9-12-26-13-11-18-19(15-26)24-17(4)23-18/h11,13,15-16,20H,6-10,12,14H2,1-5H3/t20-/m0/s1. The Morgan fingerprint density at radius 1 is 1.17 bits per heavy atom. The van der Waals surface area contributed by atoms with E-state index in [0.29, 0.717) is 25.4 Å². The summed E-state index contributed by atoms with van der Waals surface area (Å²) in [6, 6.07) is 1.48. The van der Waals surface area contributed by atoms with Crippen molar-refractivity contribution in [2.75, 3.05) is 13.7 Å². The predicted molar refractivity (Wildman–Crippen MR) is 112 cm³/mol. The third-order valence-electron chi connectivity index (χ3n) is 4.96. The second-order valence-corrected chi connectivity index (χ2v) is 7.94. The van der Waals surface area contributed by atoms with Crippen molar-refractivity contribution in [3.05, 3.63) is 24.3 Å². The maximum absolute atomic E-state index is 12.6. The minimum Gasteiger partial charge on any atom is -0.464 e. The minimum absolute atomic E-state index is 0.000288. The van der Waals surface area contributed by atoms with Gasteiger partial charge in [-0.25, -0.2) is 14.8 Å². The van der Waals surface area contributed by atoms with Gasteiger partial charge >= 0.3 is 5.97 Å². The van der Waals surface area contributed by atoms with Gasteiger partial charge in [0.25, 0.3) is 0 Å². The van der Waals surface area contributed by atoms with E-state index in [0.717, 1.165) is 43.0 Å². The Kier molecular flexibility index (Phi) is 8.61. The van der Waals surface area contributed by atoms with E-state index in [1.165, 1.54) is 0 Å². The first-order valence-electron chi connectivity index (χ1n) is 10.5. The molecule has 2 rings (SSSR count). The predicted octanol–water partition coefficient (Wildman–Crippen LogP) is 3.69. The summed E-state index contributed by atoms with van der Waals surface area (Å²) in [5, 5.41) is 0. The fourth-order valence-electron chi connectivity index (χ4n) is 3.41. The number of esters is 1. The highest BCUT2D eigenvalue weighted by Crippen LogP contribution is 2.18. The molecule has 0 N–H and O–H groups in total. The molecule has 0 bridgehead atoms. The maximum Gasteiger partial charge on any atom is 0.328 e. The third kappa shape index (κ3) is 6.84. The number of hydrogen-bond acceptors (Lipinski definition) is 5. The first kappa shape index (κ1) is 22.8. The molecule has 0 unspecified atom stereocenters. The van der Waals surface area contributed by atoms with Crippen LogP contribution in [-0.2, 0) is 20.9 Å². The van der Waals surface area contributed by atoms with E-state index < -0.39 is 6.04 Å². The van der Waals surface area contributed by atoms with Gasteiger partial charge in [0.15, 0.2) is 0 Å². The summed E-state index contributed by atoms with van der Waals surface area (Å²) >= 11 is 0. The Morgan fingerprint density at radius 3 is 2.59 bits per heavy atom. The van der Waals surface area contributed by atoms with Gasteiger partial charge in [-0.1, -0.05) is 20.3 Å². The second kappa shape index (κ2) is 10.9. The summed E-state index contributed by atoms with van der Waals surface area (Å²) in [6.07, 6.45) is 7.83. The van der Waals surface area contributed by atoms with Gasteiger partial charge in [-0.2, -0.15) is 0 Å². The van der Waals surface area contributed by atoms with E-state index in [-0.39, 0.29) is 11.9 Å². The molecule has 0 radical (unpaired) electrons. The molecule has 0 aromatic rings. The highest BCUT2D eigenvalue weighted by Gasteiger charge is 2.28. The van der Waals surface area contributed by atoms with Gasteiger partial charge in [0.05, 0.1) is 12.3 Å². The molecule has 160 valence electrons. The van der Waals surface area contributed by atoms with Gasteiger partial charge < -0.3 is 14.2 Å². The van der Waals surface area contributed by atoms with Crippen molar-refractivity contribution in [2.45, 2.75) is 72.4 Å². The lowest BCUT2D eigenvalue weighted by atomic mass is 10.0. The minimum atomic E-state index is -0.501. The van der Waals surface area contributed by atoms with Crippen LogP contribution in [0.1, 0.15) is 58.7 Å². The van der Waals surface area contributed by atoms with Crippen LogP contribution in [0.4, 0.5) is 0 Å². The Labute approximate surface area is 173 Å². The van der Waals surface area contributed by atoms with Crippen molar-refractivity contribution in [1.29, 1.82) is 0 Å². The van der Waals surface area contributed by atoms with Crippen molar-refractivity contribution in [3.8, 4) is 11.4 Å². The molecule has 2 aliphatic heterocycles. The number of pyridine rings is 1. The van der Waals surface area contributed by atoms with Crippen LogP contribution >= 0.6 is 0 Å². The van der Waals surface area contributed by atoms with Crippen LogP contribution in [0.25, 0.3) is 11.4 Å². The van der Waals surface area contributed by atoms with E-state index >= 15 is 0 Å². The molecule has 2 aliphatic rings. The molecule has 0 aromatic carbocycles. The fraction of sp³-hybridized carbons (Fsp3) is 0.636. The number of carbonyl (C=O) groups is 2. The molecule has 0 aliphatic carbocycles. The molecule has 0 fully saturated rings. The summed E-state index contributed by atoms with van der Waals surface area (Å²) in [5.41, 5.74) is 1.84. The molecule has 0 saturated heterocycles. The van der Waals surface area contributed by atoms with Crippen LogP contribution < -0.4 is 0 Å². The molecule has 0 saturated carbocycles. The number of likely N-dealkylation sites (N-methyl/N-ethyl adjacent to an activating group) is 1. The number of carbonyl (C=O) groups excluding carboxylic acids is 2. The zero-order chi connectivity index (χ0) is 21.4. The smallest absolute Gasteiger partial charge is 0.328 e. The number of ether oxygens (including phenoxy) is 1. The zero-order valence-electron chi connectivity index (χ0n) is 18.4. The summed E-state index contributed by atoms with van der Waals surface area (Å²) in [4.78, 5) is 35.1. The number of fused-ring (bicyclic) bond motifs is 1. The lowest BCUT2D eigenvalue weighted by Gasteiger charge is -2.27. The molecule has 7 nitrogen and oxygen atoms in total. The Morgan fingerprint density at radius 2 is 1.90 bits per heavy atom. The molecule has 0 spiro atoms. The number of imidazole rings is 1. The molecule has 1 atom stereocenters. The van der Waals surface area contributed by atoms with Gasteiger partial charge in [0.1, 0.15) is 17.6 Å². The number of amides is 1. The van der Waals surface area contributed by atoms with Crippen LogP contribution in [0.5, 0.6) is 0 Å². The van der Waals surface area contributed by atoms with Crippen molar-refractivity contribution >= 4 is 11.9 Å². The topological polar surface area (TPSA) is 77.3 Å². The highest BCUT2D eigenvalue weighted by atomic mass is 16.5. The second-order valence-electron chi connectivity index (χ2n) is 7.94. The molecular formula is C22H34N4O3. The van der Waals surface area contributed by atoms with E-state index in [4.69, 9.17) is 4.74 Å². The highest BCUT2D eigenvalue weighted by molar-refractivity contribution is 5.84. The Hall–Kier alpha value is -2.44. The van der Waals surface area contributed by atoms with Gasteiger partial charge in [-0.05, 0) is 45.1 Å². The van der Waals surface area contributed by atoms with Crippen LogP contribution in [0, 0.1) is 12.8 Å². The van der Waals surface area contributed by atoms with E-state index in [1.54, 1.807) is 18.9 Å². The lowest BCUT2D eigenvalue weighted by molar-refractivity contribution is -0.154. The first-order chi connectivity index (χ1) is 13.8. The number of unbranched alkanes of at least 4 members (excludes halogenated alkanes) is 2. The number of aryl methyl sites for hydroxylation is 2. The van der Waals surface area contributed by atoms with Crippen LogP contribution in [0.15, 0.2) is 18.5 Å². The molecule has 29 heavy (non-hydrogen) atoms. The lowest BCUT2D eigenvalue weighted by Crippen LogP contribution is -2.44. The van der Waals surface area contributed by atoms with Crippen molar-refractivity contribution in [1.82, 2.24) is 19.4 Å². The van der Waals surface area contributed by atoms with Crippen molar-refractivity contribution in [3.63, 3.8) is 0 Å². The summed E-state index contributed by atoms with van der Waals surface area (Å²) < 4.78 is 7.27. The normalized spacial score (nSPS) is 12.3. The fourth-order valence-corrected chi connectivity index (χ4v) is 3.41. The first-order valence-corrected chi connectivity index (χ1v) is 10.5. The van der Waals surface area contributed by atoms with E-state index in [9.17, 15) is 9.59 Å². The summed E-state index contributed by atoms with van der Waals surface area (Å²) in [6.45, 7) is 8.97. The zero-order valence-corrected chi connectivity index (χ0v) is 18.4. The van der Waals surface area contributed by atoms with Gasteiger partial charge in [-0.15, -0.1) is 0 Å². The number of aromatic nitrogens is 3. The van der Waals surface area contributed by atoms with E-state index in [2.05, 4.69) is 14.5 Å². The number of hydrogen-bond donors (Lipinski definition) is 0. The molecule has 0 aromatic heterocycles. The Balaban J connectivity index is 1.77. The van der Waals surface area contributed by atoms with Crippen LogP contribution in [0.2, 0.25) is 0 Å². The van der Waals surface area contributed by atoms with E-state index in [1.807, 2.05) is 39.2 Å². The quantitative estimate of drug-likeness (QED) is 0.423. The van der Waals surface area contributed by atoms with Crippen LogP contribution in [-0.4, -0.2) is 51.0 Å². The van der Waals surface area contributed by atoms with Gasteiger partial charge in [0, 0.05) is 32.4 Å². The average Bonchev–Trinajstić information content (AvgIpc) is 3.04. The average molecular weight is 403 g/mol. The van der Waals surface area contributed by atoms with Gasteiger partial charge in [-0.3, -0.25) is 4.79 Å². The largest absolute Gasteiger partial charge is 0.464 e. The summed E-state index contributed by atoms with van der Waals surface area (Å²) in [7, 11) is 1.71. The molecule has 7 heteroatoms. The van der Waals surface area contributed by atoms with Crippen molar-refractivity contribution in [2.24, 2.45) is 5.92 Å². The Bertz CT molecular complexity index is 771. The van der Waals surface area contributed by atoms with Gasteiger partial charge in [0.2, 0.25) is 5.91 Å². The molecule has 2 heterocycles. The molecule has 1 amide bonds. The molecular weight excluding hydrogens is 368 g/mol. The number of rotatable bonds is 11. The SMILES string of the molecule is CCOC(=O)[C@H](CC(C)C)N(C)C(=O)CCCCCn1ccc2nc(C)nc-2c1. The maximum atomic E-state index is 12.6. The van der Waals surface area contributed by atoms with Crippen molar-refractivity contribution < 1.29 is 14.3 Å². The van der Waals surface area contributed by atoms with Crippen LogP contribution in [0.3, 0.4) is 0 Å².